The third-order valence-corrected chi connectivity index (χ3v) is 3.18. The number of amides is 1. The molecule has 1 aromatic carbocycles. The third-order valence-electron chi connectivity index (χ3n) is 2.26. The average Bonchev–Trinajstić information content (AvgIpc) is 2.67. The first-order chi connectivity index (χ1) is 9.04. The molecule has 7 nitrogen and oxygen atoms in total. The molecule has 0 saturated heterocycles. The number of benzene rings is 1. The zero-order chi connectivity index (χ0) is 13.8. The number of thioether (sulfide) groups is 1. The van der Waals surface area contributed by atoms with Crippen LogP contribution in [0.3, 0.4) is 0 Å². The smallest absolute Gasteiger partial charge is 0.323 e. The molecule has 0 saturated carbocycles. The maximum Gasteiger partial charge on any atom is 0.323 e. The summed E-state index contributed by atoms with van der Waals surface area (Å²) in [6.07, 6.45) is 0. The van der Waals surface area contributed by atoms with Crippen LogP contribution in [0.15, 0.2) is 23.0 Å². The molecule has 2 rings (SSSR count). The summed E-state index contributed by atoms with van der Waals surface area (Å²) in [7, 11) is 0. The molecule has 4 N–H and O–H groups in total. The number of carbonyl (C=O) groups excluding carboxylic acids is 1. The molecule has 0 aliphatic carbocycles. The minimum atomic E-state index is -0.955. The number of rotatable bonds is 5. The quantitative estimate of drug-likeness (QED) is 0.641. The van der Waals surface area contributed by atoms with Crippen molar-refractivity contribution in [2.24, 2.45) is 0 Å². The van der Waals surface area contributed by atoms with E-state index in [2.05, 4.69) is 15.3 Å². The highest BCUT2D eigenvalue weighted by atomic mass is 32.2. The number of nitrogens with one attached hydrogen (secondary N) is 3. The molecule has 1 aromatic heterocycles. The average molecular weight is 281 g/mol. The van der Waals surface area contributed by atoms with Crippen molar-refractivity contribution in [1.82, 2.24) is 9.97 Å². The second-order valence-corrected chi connectivity index (χ2v) is 4.76. The first-order valence-electron chi connectivity index (χ1n) is 5.36. The summed E-state index contributed by atoms with van der Waals surface area (Å²) >= 11 is 1.02. The van der Waals surface area contributed by atoms with Gasteiger partial charge in [-0.1, -0.05) is 0 Å². The van der Waals surface area contributed by atoms with Crippen molar-refractivity contribution < 1.29 is 14.7 Å². The van der Waals surface area contributed by atoms with Gasteiger partial charge in [-0.05, 0) is 18.2 Å². The van der Waals surface area contributed by atoms with Gasteiger partial charge in [0.1, 0.15) is 0 Å². The van der Waals surface area contributed by atoms with Gasteiger partial charge in [-0.2, -0.15) is 0 Å². The highest BCUT2D eigenvalue weighted by molar-refractivity contribution is 8.00. The molecule has 0 aliphatic rings. The molecule has 100 valence electrons. The fraction of sp³-hybridized carbons (Fsp3) is 0.182. The van der Waals surface area contributed by atoms with Gasteiger partial charge in [-0.3, -0.25) is 9.59 Å². The molecular formula is C11H11N3O4S. The van der Waals surface area contributed by atoms with Crippen LogP contribution in [0.25, 0.3) is 11.0 Å². The molecule has 1 heterocycles. The Labute approximate surface area is 111 Å². The molecule has 0 spiro atoms. The molecule has 1 amide bonds. The van der Waals surface area contributed by atoms with Crippen LogP contribution in [0.1, 0.15) is 0 Å². The monoisotopic (exact) mass is 281 g/mol. The highest BCUT2D eigenvalue weighted by Gasteiger charge is 2.06. The van der Waals surface area contributed by atoms with Gasteiger partial charge in [-0.25, -0.2) is 4.79 Å². The van der Waals surface area contributed by atoms with Crippen LogP contribution in [-0.4, -0.2) is 38.5 Å². The van der Waals surface area contributed by atoms with Gasteiger partial charge in [-0.15, -0.1) is 11.8 Å². The SMILES string of the molecule is O=C(O)CSCC(=O)Nc1ccc2[nH]c(=O)[nH]c2c1. The van der Waals surface area contributed by atoms with Crippen molar-refractivity contribution in [3.05, 3.63) is 28.7 Å². The summed E-state index contributed by atoms with van der Waals surface area (Å²) in [4.78, 5) is 38.1. The number of aromatic amines is 2. The summed E-state index contributed by atoms with van der Waals surface area (Å²) in [5.74, 6) is -1.29. The lowest BCUT2D eigenvalue weighted by Gasteiger charge is -2.04. The predicted octanol–water partition coefficient (Wildman–Crippen LogP) is 0.613. The number of H-pyrrole nitrogens is 2. The number of imidazole rings is 1. The zero-order valence-electron chi connectivity index (χ0n) is 9.73. The normalized spacial score (nSPS) is 10.5. The minimum absolute atomic E-state index is 0.0635. The second kappa shape index (κ2) is 5.61. The number of fused-ring (bicyclic) bond motifs is 1. The lowest BCUT2D eigenvalue weighted by Crippen LogP contribution is -2.15. The number of hydrogen-bond donors (Lipinski definition) is 4. The van der Waals surface area contributed by atoms with E-state index in [9.17, 15) is 14.4 Å². The number of carboxylic acid groups (broad SMARTS) is 1. The maximum absolute atomic E-state index is 11.5. The molecule has 0 radical (unpaired) electrons. The largest absolute Gasteiger partial charge is 0.481 e. The van der Waals surface area contributed by atoms with Crippen molar-refractivity contribution in [3.63, 3.8) is 0 Å². The van der Waals surface area contributed by atoms with Crippen LogP contribution < -0.4 is 11.0 Å². The lowest BCUT2D eigenvalue weighted by molar-refractivity contribution is -0.133. The van der Waals surface area contributed by atoms with Gasteiger partial charge in [0.25, 0.3) is 0 Å². The van der Waals surface area contributed by atoms with E-state index in [1.807, 2.05) is 0 Å². The third kappa shape index (κ3) is 3.62. The van der Waals surface area contributed by atoms with Crippen molar-refractivity contribution in [2.75, 3.05) is 16.8 Å². The Hall–Kier alpha value is -2.22. The number of hydrogen-bond acceptors (Lipinski definition) is 4. The molecular weight excluding hydrogens is 270 g/mol. The first-order valence-corrected chi connectivity index (χ1v) is 6.51. The van der Waals surface area contributed by atoms with E-state index in [4.69, 9.17) is 5.11 Å². The second-order valence-electron chi connectivity index (χ2n) is 3.77. The predicted molar refractivity (Wildman–Crippen MR) is 72.5 cm³/mol. The van der Waals surface area contributed by atoms with Crippen LogP contribution in [0, 0.1) is 0 Å². The van der Waals surface area contributed by atoms with Crippen molar-refractivity contribution in [1.29, 1.82) is 0 Å². The van der Waals surface area contributed by atoms with Gasteiger partial charge >= 0.3 is 11.7 Å². The zero-order valence-corrected chi connectivity index (χ0v) is 10.5. The molecule has 0 fully saturated rings. The molecule has 19 heavy (non-hydrogen) atoms. The number of aromatic nitrogens is 2. The van der Waals surface area contributed by atoms with E-state index >= 15 is 0 Å². The van der Waals surface area contributed by atoms with Crippen LogP contribution in [0.4, 0.5) is 5.69 Å². The molecule has 8 heteroatoms. The van der Waals surface area contributed by atoms with Gasteiger partial charge in [0.15, 0.2) is 0 Å². The first kappa shape index (κ1) is 13.2. The van der Waals surface area contributed by atoms with Crippen molar-refractivity contribution in [3.8, 4) is 0 Å². The Kier molecular flexibility index (Phi) is 3.91. The van der Waals surface area contributed by atoms with E-state index in [1.165, 1.54) is 0 Å². The van der Waals surface area contributed by atoms with Gasteiger partial charge in [0, 0.05) is 5.69 Å². The van der Waals surface area contributed by atoms with E-state index in [-0.39, 0.29) is 23.1 Å². The van der Waals surface area contributed by atoms with Gasteiger partial charge in [0.05, 0.1) is 22.5 Å². The van der Waals surface area contributed by atoms with E-state index in [0.717, 1.165) is 11.8 Å². The summed E-state index contributed by atoms with van der Waals surface area (Å²) in [6, 6.07) is 4.96. The Bertz CT molecular complexity index is 676. The number of carbonyl (C=O) groups is 2. The molecule has 0 aliphatic heterocycles. The van der Waals surface area contributed by atoms with Crippen LogP contribution in [0.2, 0.25) is 0 Å². The molecule has 2 aromatic rings. The molecule has 0 unspecified atom stereocenters. The number of anilines is 1. The van der Waals surface area contributed by atoms with Crippen molar-refractivity contribution >= 4 is 40.4 Å². The number of aliphatic carboxylic acids is 1. The van der Waals surface area contributed by atoms with Crippen LogP contribution in [0.5, 0.6) is 0 Å². The Morgan fingerprint density at radius 2 is 1.95 bits per heavy atom. The Morgan fingerprint density at radius 1 is 1.21 bits per heavy atom. The molecule has 0 atom stereocenters. The topological polar surface area (TPSA) is 115 Å². The highest BCUT2D eigenvalue weighted by Crippen LogP contribution is 2.14. The number of carboxylic acids is 1. The molecule has 0 bridgehead atoms. The van der Waals surface area contributed by atoms with Gasteiger partial charge < -0.3 is 20.4 Å². The van der Waals surface area contributed by atoms with Crippen LogP contribution >= 0.6 is 11.8 Å². The Morgan fingerprint density at radius 3 is 2.68 bits per heavy atom. The lowest BCUT2D eigenvalue weighted by atomic mass is 10.3. The summed E-state index contributed by atoms with van der Waals surface area (Å²) in [5.41, 5.74) is 1.49. The summed E-state index contributed by atoms with van der Waals surface area (Å²) in [6.45, 7) is 0. The van der Waals surface area contributed by atoms with Crippen LogP contribution in [-0.2, 0) is 9.59 Å². The summed E-state index contributed by atoms with van der Waals surface area (Å²) < 4.78 is 0. The van der Waals surface area contributed by atoms with E-state index in [1.54, 1.807) is 18.2 Å². The minimum Gasteiger partial charge on any atom is -0.481 e. The van der Waals surface area contributed by atoms with Crippen molar-refractivity contribution in [2.45, 2.75) is 0 Å². The fourth-order valence-corrected chi connectivity index (χ4v) is 2.07. The van der Waals surface area contributed by atoms with Gasteiger partial charge in [0.2, 0.25) is 5.91 Å². The summed E-state index contributed by atoms with van der Waals surface area (Å²) in [5, 5.41) is 11.1. The Balaban J connectivity index is 1.98. The standard InChI is InChI=1S/C11H11N3O4S/c15-9(4-19-5-10(16)17)12-6-1-2-7-8(3-6)14-11(18)13-7/h1-3H,4-5H2,(H,12,15)(H,16,17)(H2,13,14,18). The van der Waals surface area contributed by atoms with E-state index < -0.39 is 5.97 Å². The maximum atomic E-state index is 11.5. The fourth-order valence-electron chi connectivity index (χ4n) is 1.54. The van der Waals surface area contributed by atoms with E-state index in [0.29, 0.717) is 16.7 Å².